The summed E-state index contributed by atoms with van der Waals surface area (Å²) in [6.07, 6.45) is 2.44. The van der Waals surface area contributed by atoms with Crippen molar-refractivity contribution < 1.29 is 18.9 Å². The summed E-state index contributed by atoms with van der Waals surface area (Å²) >= 11 is 3.33. The molecule has 0 radical (unpaired) electrons. The Hall–Kier alpha value is -1.04. The summed E-state index contributed by atoms with van der Waals surface area (Å²) in [6, 6.07) is 5.88. The topological polar surface area (TPSA) is 36.9 Å². The van der Waals surface area contributed by atoms with Crippen molar-refractivity contribution in [2.24, 2.45) is 0 Å². The summed E-state index contributed by atoms with van der Waals surface area (Å²) in [5.41, 5.74) is 1.14. The van der Waals surface area contributed by atoms with Gasteiger partial charge in [0, 0.05) is 0 Å². The predicted octanol–water partition coefficient (Wildman–Crippen LogP) is 2.94. The van der Waals surface area contributed by atoms with Gasteiger partial charge in [-0.05, 0) is 24.1 Å². The van der Waals surface area contributed by atoms with Crippen LogP contribution in [0.5, 0.6) is 11.5 Å². The van der Waals surface area contributed by atoms with Crippen LogP contribution >= 0.6 is 15.9 Å². The minimum absolute atomic E-state index is 0.0462. The zero-order valence-corrected chi connectivity index (χ0v) is 13.1. The molecule has 0 amide bonds. The van der Waals surface area contributed by atoms with E-state index >= 15 is 0 Å². The number of halogens is 1. The molecule has 20 heavy (non-hydrogen) atoms. The van der Waals surface area contributed by atoms with Gasteiger partial charge in [0.05, 0.1) is 19.0 Å². The molecule has 0 aliphatic carbocycles. The van der Waals surface area contributed by atoms with Gasteiger partial charge in [0.1, 0.15) is 12.7 Å². The Labute approximate surface area is 127 Å². The van der Waals surface area contributed by atoms with Crippen LogP contribution in [-0.2, 0) is 15.9 Å². The molecule has 0 saturated carbocycles. The Morgan fingerprint density at radius 2 is 2.30 bits per heavy atom. The van der Waals surface area contributed by atoms with Crippen molar-refractivity contribution in [3.63, 3.8) is 0 Å². The lowest BCUT2D eigenvalue weighted by molar-refractivity contribution is -0.0444. The Balaban J connectivity index is 1.93. The van der Waals surface area contributed by atoms with Crippen LogP contribution in [0.1, 0.15) is 5.56 Å². The first kappa shape index (κ1) is 15.4. The standard InChI is InChI=1S/C15H19BrO4/c1-3-4-11-5-6-13(14(7-11)17-2)18-9-12-10-19-15(8-16)20-12/h3,5-7,12,15H,1,4,8-10H2,2H3. The van der Waals surface area contributed by atoms with Crippen molar-refractivity contribution in [3.8, 4) is 11.5 Å². The lowest BCUT2D eigenvalue weighted by Gasteiger charge is -2.14. The molecule has 1 aromatic rings. The normalized spacial score (nSPS) is 21.7. The van der Waals surface area contributed by atoms with Crippen molar-refractivity contribution in [1.82, 2.24) is 0 Å². The molecule has 4 nitrogen and oxygen atoms in total. The minimum atomic E-state index is -0.180. The number of benzene rings is 1. The number of allylic oxidation sites excluding steroid dienone is 1. The van der Waals surface area contributed by atoms with Crippen LogP contribution in [0.25, 0.3) is 0 Å². The zero-order valence-electron chi connectivity index (χ0n) is 11.5. The third-order valence-corrected chi connectivity index (χ3v) is 3.50. The molecular formula is C15H19BrO4. The number of ether oxygens (including phenoxy) is 4. The summed E-state index contributed by atoms with van der Waals surface area (Å²) in [7, 11) is 1.63. The van der Waals surface area contributed by atoms with Crippen LogP contribution in [0.3, 0.4) is 0 Å². The van der Waals surface area contributed by atoms with Crippen LogP contribution < -0.4 is 9.47 Å². The van der Waals surface area contributed by atoms with E-state index in [4.69, 9.17) is 18.9 Å². The van der Waals surface area contributed by atoms with Crippen LogP contribution in [0.15, 0.2) is 30.9 Å². The fourth-order valence-corrected chi connectivity index (χ4v) is 2.32. The van der Waals surface area contributed by atoms with Gasteiger partial charge >= 0.3 is 0 Å². The maximum atomic E-state index is 5.77. The van der Waals surface area contributed by atoms with Crippen LogP contribution in [0.2, 0.25) is 0 Å². The van der Waals surface area contributed by atoms with E-state index in [1.807, 2.05) is 24.3 Å². The van der Waals surface area contributed by atoms with Gasteiger partial charge < -0.3 is 18.9 Å². The van der Waals surface area contributed by atoms with Gasteiger partial charge in [-0.2, -0.15) is 0 Å². The molecule has 2 unspecified atom stereocenters. The predicted molar refractivity (Wildman–Crippen MR) is 80.8 cm³/mol. The highest BCUT2D eigenvalue weighted by Gasteiger charge is 2.25. The molecule has 1 heterocycles. The first-order valence-corrected chi connectivity index (χ1v) is 7.62. The summed E-state index contributed by atoms with van der Waals surface area (Å²) in [4.78, 5) is 0. The second-order valence-corrected chi connectivity index (χ2v) is 5.11. The van der Waals surface area contributed by atoms with Gasteiger partial charge in [-0.3, -0.25) is 0 Å². The third-order valence-electron chi connectivity index (χ3n) is 2.97. The molecule has 2 atom stereocenters. The molecule has 5 heteroatoms. The Bertz CT molecular complexity index is 449. The molecule has 2 rings (SSSR count). The van der Waals surface area contributed by atoms with Gasteiger partial charge in [0.15, 0.2) is 17.8 Å². The molecule has 0 bridgehead atoms. The fraction of sp³-hybridized carbons (Fsp3) is 0.467. The average Bonchev–Trinajstić information content (AvgIpc) is 2.94. The van der Waals surface area contributed by atoms with E-state index in [1.54, 1.807) is 7.11 Å². The maximum Gasteiger partial charge on any atom is 0.167 e. The SMILES string of the molecule is C=CCc1ccc(OCC2COC(CBr)O2)c(OC)c1. The number of alkyl halides is 1. The highest BCUT2D eigenvalue weighted by atomic mass is 79.9. The zero-order chi connectivity index (χ0) is 14.4. The van der Waals surface area contributed by atoms with Crippen LogP contribution in [0, 0.1) is 0 Å². The molecule has 110 valence electrons. The van der Waals surface area contributed by atoms with Crippen LogP contribution in [0.4, 0.5) is 0 Å². The smallest absolute Gasteiger partial charge is 0.167 e. The van der Waals surface area contributed by atoms with Gasteiger partial charge in [-0.25, -0.2) is 0 Å². The molecule has 1 aromatic carbocycles. The summed E-state index contributed by atoms with van der Waals surface area (Å²) in [5, 5.41) is 0.670. The van der Waals surface area contributed by atoms with E-state index < -0.39 is 0 Å². The summed E-state index contributed by atoms with van der Waals surface area (Å²) in [5.74, 6) is 1.44. The monoisotopic (exact) mass is 342 g/mol. The first-order chi connectivity index (χ1) is 9.76. The lowest BCUT2D eigenvalue weighted by atomic mass is 10.1. The molecule has 0 aromatic heterocycles. The van der Waals surface area contributed by atoms with Crippen molar-refractivity contribution in [3.05, 3.63) is 36.4 Å². The second-order valence-electron chi connectivity index (χ2n) is 4.46. The quantitative estimate of drug-likeness (QED) is 0.564. The molecular weight excluding hydrogens is 324 g/mol. The molecule has 0 spiro atoms. The van der Waals surface area contributed by atoms with E-state index in [1.165, 1.54) is 0 Å². The summed E-state index contributed by atoms with van der Waals surface area (Å²) < 4.78 is 22.2. The Kier molecular flexibility index (Phi) is 5.88. The highest BCUT2D eigenvalue weighted by Crippen LogP contribution is 2.29. The maximum absolute atomic E-state index is 5.77. The van der Waals surface area contributed by atoms with Crippen molar-refractivity contribution in [1.29, 1.82) is 0 Å². The average molecular weight is 343 g/mol. The summed E-state index contributed by atoms with van der Waals surface area (Å²) in [6.45, 7) is 4.73. The van der Waals surface area contributed by atoms with E-state index in [9.17, 15) is 0 Å². The lowest BCUT2D eigenvalue weighted by Crippen LogP contribution is -2.21. The van der Waals surface area contributed by atoms with Gasteiger partial charge in [0.2, 0.25) is 0 Å². The van der Waals surface area contributed by atoms with Gasteiger partial charge in [-0.1, -0.05) is 28.1 Å². The number of rotatable bonds is 7. The van der Waals surface area contributed by atoms with Gasteiger partial charge in [-0.15, -0.1) is 6.58 Å². The van der Waals surface area contributed by atoms with Crippen molar-refractivity contribution in [2.45, 2.75) is 18.8 Å². The van der Waals surface area contributed by atoms with Crippen molar-refractivity contribution >= 4 is 15.9 Å². The number of methoxy groups -OCH3 is 1. The molecule has 1 aliphatic heterocycles. The van der Waals surface area contributed by atoms with E-state index in [0.29, 0.717) is 24.3 Å². The van der Waals surface area contributed by atoms with E-state index in [0.717, 1.165) is 17.7 Å². The molecule has 1 aliphatic rings. The fourth-order valence-electron chi connectivity index (χ4n) is 1.98. The Morgan fingerprint density at radius 1 is 1.45 bits per heavy atom. The third kappa shape index (κ3) is 3.98. The van der Waals surface area contributed by atoms with E-state index in [-0.39, 0.29) is 12.4 Å². The highest BCUT2D eigenvalue weighted by molar-refractivity contribution is 9.09. The largest absolute Gasteiger partial charge is 0.493 e. The Morgan fingerprint density at radius 3 is 2.95 bits per heavy atom. The number of hydrogen-bond donors (Lipinski definition) is 0. The van der Waals surface area contributed by atoms with Crippen molar-refractivity contribution in [2.75, 3.05) is 25.7 Å². The molecule has 0 N–H and O–H groups in total. The molecule has 1 fully saturated rings. The number of hydrogen-bond acceptors (Lipinski definition) is 4. The second kappa shape index (κ2) is 7.67. The minimum Gasteiger partial charge on any atom is -0.493 e. The first-order valence-electron chi connectivity index (χ1n) is 6.50. The van der Waals surface area contributed by atoms with Crippen LogP contribution in [-0.4, -0.2) is 38.0 Å². The van der Waals surface area contributed by atoms with Gasteiger partial charge in [0.25, 0.3) is 0 Å². The molecule has 1 saturated heterocycles. The van der Waals surface area contributed by atoms with E-state index in [2.05, 4.69) is 22.5 Å².